The van der Waals surface area contributed by atoms with E-state index >= 15 is 0 Å². The Morgan fingerprint density at radius 3 is 2.64 bits per heavy atom. The molecule has 1 atom stereocenters. The van der Waals surface area contributed by atoms with Crippen LogP contribution in [0.1, 0.15) is 19.8 Å². The topological polar surface area (TPSA) is 73.3 Å². The monoisotopic (exact) mass is 443 g/mol. The van der Waals surface area contributed by atoms with Crippen molar-refractivity contribution < 1.29 is 15.7 Å². The van der Waals surface area contributed by atoms with Gasteiger partial charge in [-0.2, -0.15) is 0 Å². The number of anilines is 1. The highest BCUT2D eigenvalue weighted by Crippen LogP contribution is 2.23. The van der Waals surface area contributed by atoms with Gasteiger partial charge in [-0.25, -0.2) is 14.8 Å². The van der Waals surface area contributed by atoms with Gasteiger partial charge in [-0.1, -0.05) is 48.6 Å². The molecule has 0 saturated carbocycles. The minimum Gasteiger partial charge on any atom is -0.489 e. The van der Waals surface area contributed by atoms with Crippen molar-refractivity contribution in [3.63, 3.8) is 0 Å². The first-order chi connectivity index (χ1) is 16.2. The van der Waals surface area contributed by atoms with Crippen molar-refractivity contribution in [2.45, 2.75) is 25.3 Å². The minimum atomic E-state index is -0.556. The zero-order chi connectivity index (χ0) is 22.9. The molecule has 0 aliphatic heterocycles. The van der Waals surface area contributed by atoms with Crippen molar-refractivity contribution >= 4 is 11.8 Å². The van der Waals surface area contributed by atoms with Crippen LogP contribution in [0.25, 0.3) is 11.3 Å². The van der Waals surface area contributed by atoms with Gasteiger partial charge < -0.3 is 14.8 Å². The van der Waals surface area contributed by atoms with Crippen LogP contribution in [0.5, 0.6) is 5.75 Å². The van der Waals surface area contributed by atoms with E-state index in [-0.39, 0.29) is 7.40 Å². The predicted molar refractivity (Wildman–Crippen MR) is 131 cm³/mol. The summed E-state index contributed by atoms with van der Waals surface area (Å²) in [5.74, 6) is 1.02. The quantitative estimate of drug-likeness (QED) is 0.456. The summed E-state index contributed by atoms with van der Waals surface area (Å²) < 4.78 is 10.9. The van der Waals surface area contributed by atoms with Crippen LogP contribution in [0.2, 0.25) is 0 Å². The number of hydrogen-bond acceptors (Lipinski definition) is 6. The summed E-state index contributed by atoms with van der Waals surface area (Å²) in [6.07, 6.45) is 10.6. The number of nitrogens with zero attached hydrogens (tertiary/aromatic N) is 2. The Hall–Kier alpha value is -3.93. The Bertz CT molecular complexity index is 1130. The molecule has 1 N–H and O–H groups in total. The number of methoxy groups -OCH3 is 1. The van der Waals surface area contributed by atoms with Crippen LogP contribution < -0.4 is 10.1 Å². The second-order valence-corrected chi connectivity index (χ2v) is 7.77. The lowest BCUT2D eigenvalue weighted by Crippen LogP contribution is -2.33. The van der Waals surface area contributed by atoms with E-state index in [2.05, 4.69) is 33.5 Å². The molecule has 4 rings (SSSR count). The number of carbonyl (C=O) groups is 1. The maximum absolute atomic E-state index is 12.3. The molecule has 1 aromatic heterocycles. The third-order valence-corrected chi connectivity index (χ3v) is 5.38. The van der Waals surface area contributed by atoms with Gasteiger partial charge in [0, 0.05) is 19.5 Å². The highest BCUT2D eigenvalue weighted by molar-refractivity contribution is 5.79. The predicted octanol–water partition coefficient (Wildman–Crippen LogP) is 5.24. The fourth-order valence-electron chi connectivity index (χ4n) is 3.62. The minimum absolute atomic E-state index is 0. The largest absolute Gasteiger partial charge is 0.489 e. The lowest BCUT2D eigenvalue weighted by atomic mass is 10.1. The van der Waals surface area contributed by atoms with Crippen LogP contribution in [0.15, 0.2) is 90.8 Å². The SMILES string of the molecule is COC(=O)C(Cc1ccccc1)Nc1cc(-c2ccc(OCC3=CCCC=C3)cc2)ncn1.[HH]. The van der Waals surface area contributed by atoms with Gasteiger partial charge in [0.1, 0.15) is 30.5 Å². The van der Waals surface area contributed by atoms with Crippen LogP contribution in [0.3, 0.4) is 0 Å². The molecule has 0 bridgehead atoms. The van der Waals surface area contributed by atoms with Crippen molar-refractivity contribution in [1.29, 1.82) is 0 Å². The molecule has 1 unspecified atom stereocenters. The Balaban J connectivity index is 0.00000324. The summed E-state index contributed by atoms with van der Waals surface area (Å²) in [5.41, 5.74) is 3.92. The standard InChI is InChI=1S/C27H27N3O3.H2/c1-32-27(31)25(16-20-8-4-2-5-9-20)30-26-17-24(28-19-29-26)22-12-14-23(15-13-22)33-18-21-10-6-3-7-11-21;/h2,4-6,8-15,17,19,25H,3,7,16,18H2,1H3,(H,28,29,30);1H. The summed E-state index contributed by atoms with van der Waals surface area (Å²) in [5, 5.41) is 3.19. The molecule has 170 valence electrons. The van der Waals surface area contributed by atoms with Gasteiger partial charge in [-0.15, -0.1) is 0 Å². The molecule has 1 heterocycles. The molecule has 2 aromatic carbocycles. The zero-order valence-corrected chi connectivity index (χ0v) is 18.6. The fourth-order valence-corrected chi connectivity index (χ4v) is 3.62. The summed E-state index contributed by atoms with van der Waals surface area (Å²) in [4.78, 5) is 21.0. The Morgan fingerprint density at radius 2 is 1.91 bits per heavy atom. The van der Waals surface area contributed by atoms with Crippen LogP contribution in [0.4, 0.5) is 5.82 Å². The third kappa shape index (κ3) is 6.29. The number of aromatic nitrogens is 2. The molecule has 1 aliphatic carbocycles. The summed E-state index contributed by atoms with van der Waals surface area (Å²) in [6, 6.07) is 18.9. The Labute approximate surface area is 195 Å². The van der Waals surface area contributed by atoms with E-state index in [0.29, 0.717) is 18.8 Å². The second kappa shape index (κ2) is 11.1. The normalized spacial score (nSPS) is 13.7. The summed E-state index contributed by atoms with van der Waals surface area (Å²) >= 11 is 0. The molecule has 0 radical (unpaired) electrons. The van der Waals surface area contributed by atoms with Gasteiger partial charge in [0.2, 0.25) is 0 Å². The molecule has 3 aromatic rings. The maximum atomic E-state index is 12.3. The molecule has 0 fully saturated rings. The average molecular weight is 444 g/mol. The number of ether oxygens (including phenoxy) is 2. The summed E-state index contributed by atoms with van der Waals surface area (Å²) in [6.45, 7) is 0.563. The molecular formula is C27H29N3O3. The van der Waals surface area contributed by atoms with Gasteiger partial charge in [-0.05, 0) is 48.2 Å². The fraction of sp³-hybridized carbons (Fsp3) is 0.222. The number of benzene rings is 2. The molecule has 6 nitrogen and oxygen atoms in total. The summed E-state index contributed by atoms with van der Waals surface area (Å²) in [7, 11) is 1.39. The van der Waals surface area contributed by atoms with Gasteiger partial charge in [0.25, 0.3) is 0 Å². The van der Waals surface area contributed by atoms with Gasteiger partial charge in [0.15, 0.2) is 0 Å². The lowest BCUT2D eigenvalue weighted by Gasteiger charge is -2.17. The smallest absolute Gasteiger partial charge is 0.328 e. The van der Waals surface area contributed by atoms with Crippen molar-refractivity contribution in [2.24, 2.45) is 0 Å². The van der Waals surface area contributed by atoms with Gasteiger partial charge in [0.05, 0.1) is 12.8 Å². The van der Waals surface area contributed by atoms with E-state index < -0.39 is 6.04 Å². The van der Waals surface area contributed by atoms with Crippen molar-refractivity contribution in [1.82, 2.24) is 9.97 Å². The lowest BCUT2D eigenvalue weighted by molar-refractivity contribution is -0.141. The van der Waals surface area contributed by atoms with Crippen LogP contribution in [-0.4, -0.2) is 35.7 Å². The van der Waals surface area contributed by atoms with Crippen LogP contribution in [0, 0.1) is 0 Å². The number of hydrogen-bond donors (Lipinski definition) is 1. The number of nitrogens with one attached hydrogen (secondary N) is 1. The van der Waals surface area contributed by atoms with E-state index in [0.717, 1.165) is 35.4 Å². The van der Waals surface area contributed by atoms with Crippen molar-refractivity contribution in [3.05, 3.63) is 96.4 Å². The van der Waals surface area contributed by atoms with Crippen LogP contribution >= 0.6 is 0 Å². The van der Waals surface area contributed by atoms with Gasteiger partial charge >= 0.3 is 5.97 Å². The first-order valence-electron chi connectivity index (χ1n) is 11.0. The molecular weight excluding hydrogens is 414 g/mol. The molecule has 6 heteroatoms. The van der Waals surface area contributed by atoms with E-state index in [4.69, 9.17) is 9.47 Å². The van der Waals surface area contributed by atoms with Gasteiger partial charge in [-0.3, -0.25) is 0 Å². The third-order valence-electron chi connectivity index (χ3n) is 5.38. The molecule has 1 aliphatic rings. The number of carbonyl (C=O) groups excluding carboxylic acids is 1. The molecule has 0 amide bonds. The average Bonchev–Trinajstić information content (AvgIpc) is 2.88. The Kier molecular flexibility index (Phi) is 7.48. The maximum Gasteiger partial charge on any atom is 0.328 e. The number of rotatable bonds is 9. The number of esters is 1. The van der Waals surface area contributed by atoms with Crippen molar-refractivity contribution in [2.75, 3.05) is 19.0 Å². The zero-order valence-electron chi connectivity index (χ0n) is 18.6. The van der Waals surface area contributed by atoms with E-state index in [1.54, 1.807) is 0 Å². The Morgan fingerprint density at radius 1 is 1.09 bits per heavy atom. The number of allylic oxidation sites excluding steroid dienone is 2. The van der Waals surface area contributed by atoms with E-state index in [1.165, 1.54) is 19.0 Å². The molecule has 0 spiro atoms. The highest BCUT2D eigenvalue weighted by atomic mass is 16.5. The highest BCUT2D eigenvalue weighted by Gasteiger charge is 2.20. The van der Waals surface area contributed by atoms with E-state index in [1.807, 2.05) is 60.7 Å². The second-order valence-electron chi connectivity index (χ2n) is 7.77. The van der Waals surface area contributed by atoms with E-state index in [9.17, 15) is 4.79 Å². The first kappa shape index (κ1) is 22.3. The van der Waals surface area contributed by atoms with Crippen LogP contribution in [-0.2, 0) is 16.0 Å². The first-order valence-corrected chi connectivity index (χ1v) is 11.0. The molecule has 0 saturated heterocycles. The molecule has 33 heavy (non-hydrogen) atoms. The van der Waals surface area contributed by atoms with Crippen molar-refractivity contribution in [3.8, 4) is 17.0 Å².